The second kappa shape index (κ2) is 2.97. The van der Waals surface area contributed by atoms with Crippen molar-refractivity contribution < 1.29 is 4.79 Å². The zero-order chi connectivity index (χ0) is 8.27. The van der Waals surface area contributed by atoms with Crippen LogP contribution in [0, 0.1) is 11.3 Å². The third-order valence-corrected chi connectivity index (χ3v) is 1.31. The van der Waals surface area contributed by atoms with Crippen LogP contribution in [0.25, 0.3) is 0 Å². The number of carbonyl (C=O) groups is 1. The van der Waals surface area contributed by atoms with E-state index in [4.69, 9.17) is 5.26 Å². The topological polar surface area (TPSA) is 58.7 Å². The molecule has 0 saturated carbocycles. The molecule has 0 amide bonds. The van der Waals surface area contributed by atoms with E-state index in [9.17, 15) is 4.79 Å². The fourth-order valence-electron chi connectivity index (χ4n) is 0.758. The second-order valence-electron chi connectivity index (χ2n) is 1.98. The summed E-state index contributed by atoms with van der Waals surface area (Å²) in [7, 11) is 0. The van der Waals surface area contributed by atoms with E-state index in [0.717, 1.165) is 0 Å². The van der Waals surface area contributed by atoms with Gasteiger partial charge in [0.25, 0.3) is 0 Å². The first-order valence-corrected chi connectivity index (χ1v) is 3.26. The van der Waals surface area contributed by atoms with Crippen LogP contribution in [0.1, 0.15) is 24.0 Å². The Bertz CT molecular complexity index is 308. The molecule has 1 aromatic heterocycles. The van der Waals surface area contributed by atoms with Gasteiger partial charge in [0.1, 0.15) is 6.07 Å². The Hall–Kier alpha value is -1.63. The van der Waals surface area contributed by atoms with Gasteiger partial charge in [-0.3, -0.25) is 9.36 Å². The van der Waals surface area contributed by atoms with Crippen LogP contribution in [0.4, 0.5) is 0 Å². The number of rotatable bonds is 1. The first-order chi connectivity index (χ1) is 5.29. The van der Waals surface area contributed by atoms with Crippen molar-refractivity contribution in [2.75, 3.05) is 0 Å². The van der Waals surface area contributed by atoms with Crippen LogP contribution in [-0.2, 0) is 0 Å². The number of nitriles is 1. The molecule has 4 heteroatoms. The van der Waals surface area contributed by atoms with Gasteiger partial charge in [-0.05, 0) is 0 Å². The van der Waals surface area contributed by atoms with Crippen molar-refractivity contribution in [2.45, 2.75) is 13.3 Å². The summed E-state index contributed by atoms with van der Waals surface area (Å²) in [5.74, 6) is 0.0379. The SMILES string of the molecule is CCC(=O)n1ccnc1C#N. The third kappa shape index (κ3) is 1.27. The van der Waals surface area contributed by atoms with E-state index in [1.165, 1.54) is 17.0 Å². The molecule has 1 aromatic rings. The van der Waals surface area contributed by atoms with Gasteiger partial charge < -0.3 is 0 Å². The lowest BCUT2D eigenvalue weighted by Gasteiger charge is -1.96. The summed E-state index contributed by atoms with van der Waals surface area (Å²) in [6, 6.07) is 1.82. The molecule has 0 saturated heterocycles. The summed E-state index contributed by atoms with van der Waals surface area (Å²) in [5.41, 5.74) is 0. The molecule has 1 rings (SSSR count). The van der Waals surface area contributed by atoms with Gasteiger partial charge in [-0.1, -0.05) is 6.92 Å². The largest absolute Gasteiger partial charge is 0.274 e. The average molecular weight is 149 g/mol. The summed E-state index contributed by atoms with van der Waals surface area (Å²) in [6.45, 7) is 1.74. The van der Waals surface area contributed by atoms with Gasteiger partial charge >= 0.3 is 0 Å². The van der Waals surface area contributed by atoms with E-state index >= 15 is 0 Å². The summed E-state index contributed by atoms with van der Waals surface area (Å²) in [4.78, 5) is 14.7. The summed E-state index contributed by atoms with van der Waals surface area (Å²) >= 11 is 0. The summed E-state index contributed by atoms with van der Waals surface area (Å²) in [5, 5.41) is 8.47. The minimum Gasteiger partial charge on any atom is -0.274 e. The smallest absolute Gasteiger partial charge is 0.232 e. The van der Waals surface area contributed by atoms with Gasteiger partial charge in [-0.2, -0.15) is 5.26 Å². The van der Waals surface area contributed by atoms with Crippen molar-refractivity contribution in [3.63, 3.8) is 0 Å². The van der Waals surface area contributed by atoms with Crippen molar-refractivity contribution in [2.24, 2.45) is 0 Å². The zero-order valence-electron chi connectivity index (χ0n) is 6.11. The Morgan fingerprint density at radius 2 is 2.64 bits per heavy atom. The molecular formula is C7H7N3O. The molecule has 0 bridgehead atoms. The summed E-state index contributed by atoms with van der Waals surface area (Å²) in [6.07, 6.45) is 3.31. The fourth-order valence-corrected chi connectivity index (χ4v) is 0.758. The molecule has 0 fully saturated rings. The van der Waals surface area contributed by atoms with Crippen LogP contribution in [0.5, 0.6) is 0 Å². The van der Waals surface area contributed by atoms with Gasteiger partial charge in [-0.25, -0.2) is 4.98 Å². The van der Waals surface area contributed by atoms with Crippen molar-refractivity contribution in [3.05, 3.63) is 18.2 Å². The Kier molecular flexibility index (Phi) is 2.02. The minimum absolute atomic E-state index is 0.112. The van der Waals surface area contributed by atoms with Crippen LogP contribution in [0.2, 0.25) is 0 Å². The number of nitrogens with zero attached hydrogens (tertiary/aromatic N) is 3. The lowest BCUT2D eigenvalue weighted by atomic mass is 10.4. The number of imidazole rings is 1. The highest BCUT2D eigenvalue weighted by Gasteiger charge is 2.06. The van der Waals surface area contributed by atoms with E-state index in [2.05, 4.69) is 4.98 Å². The van der Waals surface area contributed by atoms with E-state index in [-0.39, 0.29) is 11.7 Å². The number of hydrogen-bond donors (Lipinski definition) is 0. The van der Waals surface area contributed by atoms with Crippen LogP contribution < -0.4 is 0 Å². The summed E-state index contributed by atoms with van der Waals surface area (Å²) < 4.78 is 1.25. The molecule has 0 radical (unpaired) electrons. The Labute approximate surface area is 64.1 Å². The Morgan fingerprint density at radius 3 is 3.18 bits per heavy atom. The monoisotopic (exact) mass is 149 g/mol. The van der Waals surface area contributed by atoms with E-state index in [1.54, 1.807) is 6.92 Å². The molecule has 0 atom stereocenters. The maximum atomic E-state index is 11.0. The molecule has 56 valence electrons. The molecule has 0 N–H and O–H groups in total. The maximum Gasteiger partial charge on any atom is 0.232 e. The predicted molar refractivity (Wildman–Crippen MR) is 37.9 cm³/mol. The van der Waals surface area contributed by atoms with Gasteiger partial charge in [0.15, 0.2) is 0 Å². The quantitative estimate of drug-likeness (QED) is 0.593. The first-order valence-electron chi connectivity index (χ1n) is 3.26. The second-order valence-corrected chi connectivity index (χ2v) is 1.98. The van der Waals surface area contributed by atoms with Crippen LogP contribution in [0.3, 0.4) is 0 Å². The van der Waals surface area contributed by atoms with Crippen molar-refractivity contribution >= 4 is 5.91 Å². The average Bonchev–Trinajstić information content (AvgIpc) is 2.50. The van der Waals surface area contributed by atoms with Gasteiger partial charge in [0, 0.05) is 18.8 Å². The standard InChI is InChI=1S/C7H7N3O/c1-2-7(11)10-4-3-9-6(10)5-8/h3-4H,2H2,1H3. The molecule has 4 nitrogen and oxygen atoms in total. The van der Waals surface area contributed by atoms with E-state index < -0.39 is 0 Å². The molecule has 1 heterocycles. The van der Waals surface area contributed by atoms with Gasteiger partial charge in [0.05, 0.1) is 0 Å². The van der Waals surface area contributed by atoms with Crippen LogP contribution in [0.15, 0.2) is 12.4 Å². The lowest BCUT2D eigenvalue weighted by molar-refractivity contribution is 0.0907. The molecule has 0 unspecified atom stereocenters. The Balaban J connectivity index is 3.05. The van der Waals surface area contributed by atoms with Gasteiger partial charge in [0.2, 0.25) is 11.7 Å². The highest BCUT2D eigenvalue weighted by atomic mass is 16.2. The molecule has 0 spiro atoms. The molecule has 0 aliphatic carbocycles. The van der Waals surface area contributed by atoms with E-state index in [1.807, 2.05) is 6.07 Å². The van der Waals surface area contributed by atoms with Gasteiger partial charge in [-0.15, -0.1) is 0 Å². The van der Waals surface area contributed by atoms with Crippen LogP contribution in [-0.4, -0.2) is 15.5 Å². The molecular weight excluding hydrogens is 142 g/mol. The fraction of sp³-hybridized carbons (Fsp3) is 0.286. The molecule has 0 aliphatic rings. The first kappa shape index (κ1) is 7.48. The molecule has 0 aliphatic heterocycles. The number of aromatic nitrogens is 2. The normalized spacial score (nSPS) is 9.09. The minimum atomic E-state index is -0.112. The number of carbonyl (C=O) groups excluding carboxylic acids is 1. The number of hydrogen-bond acceptors (Lipinski definition) is 3. The predicted octanol–water partition coefficient (Wildman–Crippen LogP) is 0.805. The van der Waals surface area contributed by atoms with Crippen LogP contribution >= 0.6 is 0 Å². The van der Waals surface area contributed by atoms with Crippen molar-refractivity contribution in [1.29, 1.82) is 5.26 Å². The lowest BCUT2D eigenvalue weighted by Crippen LogP contribution is -2.09. The molecule has 11 heavy (non-hydrogen) atoms. The highest BCUT2D eigenvalue weighted by molar-refractivity contribution is 5.79. The zero-order valence-corrected chi connectivity index (χ0v) is 6.11. The van der Waals surface area contributed by atoms with E-state index in [0.29, 0.717) is 6.42 Å². The van der Waals surface area contributed by atoms with Crippen molar-refractivity contribution in [1.82, 2.24) is 9.55 Å². The third-order valence-electron chi connectivity index (χ3n) is 1.31. The van der Waals surface area contributed by atoms with Crippen molar-refractivity contribution in [3.8, 4) is 6.07 Å². The molecule has 0 aromatic carbocycles. The highest BCUT2D eigenvalue weighted by Crippen LogP contribution is 1.96. The maximum absolute atomic E-state index is 11.0. The Morgan fingerprint density at radius 1 is 1.91 bits per heavy atom.